The van der Waals surface area contributed by atoms with Gasteiger partial charge >= 0.3 is 0 Å². The number of amides is 1. The molecule has 144 valence electrons. The summed E-state index contributed by atoms with van der Waals surface area (Å²) in [6.45, 7) is 3.01. The summed E-state index contributed by atoms with van der Waals surface area (Å²) in [5.74, 6) is 0.930. The van der Waals surface area contributed by atoms with Gasteiger partial charge in [-0.1, -0.05) is 25.1 Å². The number of benzene rings is 2. The minimum absolute atomic E-state index is 0.125. The molecule has 1 atom stereocenters. The molecule has 4 rings (SSSR count). The van der Waals surface area contributed by atoms with Crippen LogP contribution in [0.3, 0.4) is 0 Å². The fraction of sp³-hybridized carbons (Fsp3) is 0.333. The smallest absolute Gasteiger partial charge is 0.254 e. The Kier molecular flexibility index (Phi) is 5.29. The van der Waals surface area contributed by atoms with Crippen molar-refractivity contribution < 1.29 is 9.53 Å². The molecular formula is C24H26N2O2. The van der Waals surface area contributed by atoms with E-state index in [0.717, 1.165) is 59.3 Å². The molecule has 4 nitrogen and oxygen atoms in total. The molecule has 1 aliphatic heterocycles. The van der Waals surface area contributed by atoms with Crippen LogP contribution in [0.15, 0.2) is 54.6 Å². The van der Waals surface area contributed by atoms with E-state index >= 15 is 0 Å². The van der Waals surface area contributed by atoms with E-state index < -0.39 is 0 Å². The molecule has 0 bridgehead atoms. The summed E-state index contributed by atoms with van der Waals surface area (Å²) >= 11 is 0. The maximum absolute atomic E-state index is 13.5. The molecule has 2 aromatic carbocycles. The van der Waals surface area contributed by atoms with Gasteiger partial charge in [-0.2, -0.15) is 0 Å². The second kappa shape index (κ2) is 8.01. The summed E-state index contributed by atoms with van der Waals surface area (Å²) in [6, 6.07) is 18.0. The highest BCUT2D eigenvalue weighted by atomic mass is 16.5. The number of hydrogen-bond acceptors (Lipinski definition) is 3. The molecule has 1 aromatic heterocycles. The van der Waals surface area contributed by atoms with Crippen molar-refractivity contribution in [3.63, 3.8) is 0 Å². The molecule has 2 heterocycles. The Balaban J connectivity index is 1.81. The van der Waals surface area contributed by atoms with E-state index in [1.54, 1.807) is 7.11 Å². The number of likely N-dealkylation sites (tertiary alicyclic amines) is 1. The van der Waals surface area contributed by atoms with Crippen LogP contribution in [0.2, 0.25) is 0 Å². The van der Waals surface area contributed by atoms with Crippen molar-refractivity contribution in [1.29, 1.82) is 0 Å². The number of para-hydroxylation sites is 1. The van der Waals surface area contributed by atoms with Gasteiger partial charge in [0.1, 0.15) is 5.75 Å². The molecule has 0 aliphatic carbocycles. The van der Waals surface area contributed by atoms with E-state index in [1.807, 2.05) is 54.6 Å². The molecule has 28 heavy (non-hydrogen) atoms. The minimum Gasteiger partial charge on any atom is -0.497 e. The minimum atomic E-state index is 0.125. The number of carbonyl (C=O) groups is 1. The van der Waals surface area contributed by atoms with Crippen LogP contribution in [-0.4, -0.2) is 35.5 Å². The fourth-order valence-corrected chi connectivity index (χ4v) is 4.11. The van der Waals surface area contributed by atoms with Gasteiger partial charge < -0.3 is 9.64 Å². The summed E-state index contributed by atoms with van der Waals surface area (Å²) < 4.78 is 5.26. The Morgan fingerprint density at radius 2 is 1.93 bits per heavy atom. The average Bonchev–Trinajstić information content (AvgIpc) is 2.77. The zero-order valence-corrected chi connectivity index (χ0v) is 16.5. The maximum atomic E-state index is 13.5. The van der Waals surface area contributed by atoms with E-state index in [4.69, 9.17) is 9.72 Å². The van der Waals surface area contributed by atoms with Crippen LogP contribution >= 0.6 is 0 Å². The molecule has 0 N–H and O–H groups in total. The number of rotatable bonds is 4. The van der Waals surface area contributed by atoms with Crippen molar-refractivity contribution in [2.75, 3.05) is 13.7 Å². The highest BCUT2D eigenvalue weighted by molar-refractivity contribution is 6.07. The molecular weight excluding hydrogens is 348 g/mol. The average molecular weight is 374 g/mol. The highest BCUT2D eigenvalue weighted by Crippen LogP contribution is 2.29. The zero-order valence-electron chi connectivity index (χ0n) is 16.5. The molecule has 0 spiro atoms. The Labute approximate surface area is 166 Å². The van der Waals surface area contributed by atoms with Gasteiger partial charge in [0, 0.05) is 23.5 Å². The number of aromatic nitrogens is 1. The lowest BCUT2D eigenvalue weighted by Gasteiger charge is -2.35. The molecule has 0 radical (unpaired) electrons. The van der Waals surface area contributed by atoms with E-state index in [1.165, 1.54) is 6.42 Å². The van der Waals surface area contributed by atoms with E-state index in [2.05, 4.69) is 11.8 Å². The number of ether oxygens (including phenoxy) is 1. The normalized spacial score (nSPS) is 16.9. The molecule has 1 aliphatic rings. The number of fused-ring (bicyclic) bond motifs is 1. The van der Waals surface area contributed by atoms with Crippen LogP contribution in [0.1, 0.15) is 43.0 Å². The number of methoxy groups -OCH3 is 1. The molecule has 1 fully saturated rings. The second-order valence-corrected chi connectivity index (χ2v) is 7.36. The van der Waals surface area contributed by atoms with Gasteiger partial charge in [0.05, 0.1) is 23.9 Å². The van der Waals surface area contributed by atoms with Crippen LogP contribution in [-0.2, 0) is 0 Å². The van der Waals surface area contributed by atoms with E-state index in [-0.39, 0.29) is 5.91 Å². The lowest BCUT2D eigenvalue weighted by molar-refractivity contribution is 0.0610. The number of pyridine rings is 1. The predicted octanol–water partition coefficient (Wildman–Crippen LogP) is 5.32. The predicted molar refractivity (Wildman–Crippen MR) is 113 cm³/mol. The number of hydrogen-bond donors (Lipinski definition) is 0. The van der Waals surface area contributed by atoms with Crippen molar-refractivity contribution in [3.8, 4) is 17.0 Å². The topological polar surface area (TPSA) is 42.4 Å². The van der Waals surface area contributed by atoms with Crippen LogP contribution in [0.5, 0.6) is 5.75 Å². The number of nitrogens with zero attached hydrogens (tertiary/aromatic N) is 2. The first-order valence-electron chi connectivity index (χ1n) is 10.1. The second-order valence-electron chi connectivity index (χ2n) is 7.36. The number of carbonyl (C=O) groups excluding carboxylic acids is 1. The van der Waals surface area contributed by atoms with E-state index in [0.29, 0.717) is 6.04 Å². The Morgan fingerprint density at radius 3 is 2.68 bits per heavy atom. The number of piperidine rings is 1. The Morgan fingerprint density at radius 1 is 1.14 bits per heavy atom. The molecule has 1 saturated heterocycles. The lowest BCUT2D eigenvalue weighted by Crippen LogP contribution is -2.43. The van der Waals surface area contributed by atoms with Gasteiger partial charge in [-0.15, -0.1) is 0 Å². The molecule has 0 saturated carbocycles. The molecule has 4 heteroatoms. The summed E-state index contributed by atoms with van der Waals surface area (Å²) in [5.41, 5.74) is 3.39. The highest BCUT2D eigenvalue weighted by Gasteiger charge is 2.27. The zero-order chi connectivity index (χ0) is 19.5. The summed E-state index contributed by atoms with van der Waals surface area (Å²) in [5, 5.41) is 0.921. The quantitative estimate of drug-likeness (QED) is 0.621. The van der Waals surface area contributed by atoms with Gasteiger partial charge in [0.2, 0.25) is 0 Å². The van der Waals surface area contributed by atoms with Gasteiger partial charge in [-0.05, 0) is 62.1 Å². The molecule has 1 amide bonds. The van der Waals surface area contributed by atoms with Crippen molar-refractivity contribution >= 4 is 16.8 Å². The Hall–Kier alpha value is -2.88. The van der Waals surface area contributed by atoms with Crippen LogP contribution in [0, 0.1) is 0 Å². The third-order valence-corrected chi connectivity index (χ3v) is 5.69. The largest absolute Gasteiger partial charge is 0.497 e. The third kappa shape index (κ3) is 3.47. The summed E-state index contributed by atoms with van der Waals surface area (Å²) in [6.07, 6.45) is 4.38. The van der Waals surface area contributed by atoms with Crippen molar-refractivity contribution in [1.82, 2.24) is 9.88 Å². The standard InChI is InChI=1S/C24H26N2O2/c1-3-18-8-6-7-15-26(18)24(27)21-16-23(17-11-13-19(28-2)14-12-17)25-22-10-5-4-9-20(21)22/h4-5,9-14,16,18H,3,6-8,15H2,1-2H3. The van der Waals surface area contributed by atoms with Gasteiger partial charge in [0.25, 0.3) is 5.91 Å². The van der Waals surface area contributed by atoms with Gasteiger partial charge in [-0.25, -0.2) is 4.98 Å². The van der Waals surface area contributed by atoms with Crippen LogP contribution < -0.4 is 4.74 Å². The van der Waals surface area contributed by atoms with Gasteiger partial charge in [0.15, 0.2) is 0 Å². The Bertz CT molecular complexity index is 982. The third-order valence-electron chi connectivity index (χ3n) is 5.69. The first kappa shape index (κ1) is 18.5. The molecule has 1 unspecified atom stereocenters. The fourth-order valence-electron chi connectivity index (χ4n) is 4.11. The van der Waals surface area contributed by atoms with Crippen molar-refractivity contribution in [2.45, 2.75) is 38.6 Å². The maximum Gasteiger partial charge on any atom is 0.254 e. The summed E-state index contributed by atoms with van der Waals surface area (Å²) in [7, 11) is 1.66. The van der Waals surface area contributed by atoms with E-state index in [9.17, 15) is 4.79 Å². The van der Waals surface area contributed by atoms with Crippen LogP contribution in [0.4, 0.5) is 0 Å². The van der Waals surface area contributed by atoms with Gasteiger partial charge in [-0.3, -0.25) is 4.79 Å². The first-order valence-corrected chi connectivity index (χ1v) is 10.1. The molecule has 3 aromatic rings. The van der Waals surface area contributed by atoms with Crippen molar-refractivity contribution in [3.05, 3.63) is 60.2 Å². The summed E-state index contributed by atoms with van der Waals surface area (Å²) in [4.78, 5) is 20.4. The van der Waals surface area contributed by atoms with Crippen LogP contribution in [0.25, 0.3) is 22.2 Å². The van der Waals surface area contributed by atoms with Crippen molar-refractivity contribution in [2.24, 2.45) is 0 Å². The monoisotopic (exact) mass is 374 g/mol. The SMILES string of the molecule is CCC1CCCCN1C(=O)c1cc(-c2ccc(OC)cc2)nc2ccccc12. The lowest BCUT2D eigenvalue weighted by atomic mass is 9.97. The first-order chi connectivity index (χ1) is 13.7.